The highest BCUT2D eigenvalue weighted by atomic mass is 79.9. The molecular weight excluding hydrogens is 296 g/mol. The van der Waals surface area contributed by atoms with Crippen molar-refractivity contribution in [3.05, 3.63) is 20.3 Å². The molecule has 0 radical (unpaired) electrons. The summed E-state index contributed by atoms with van der Waals surface area (Å²) in [5.74, 6) is 0. The number of nitrogens with one attached hydrogen (secondary N) is 1. The monoisotopic (exact) mass is 316 g/mol. The summed E-state index contributed by atoms with van der Waals surface area (Å²) >= 11 is 5.46. The first-order valence-electron chi connectivity index (χ1n) is 6.39. The van der Waals surface area contributed by atoms with Crippen LogP contribution < -0.4 is 5.32 Å². The first kappa shape index (κ1) is 13.5. The molecule has 0 bridgehead atoms. The Bertz CT molecular complexity index is 337. The van der Waals surface area contributed by atoms with Crippen molar-refractivity contribution >= 4 is 27.3 Å². The average Bonchev–Trinajstić information content (AvgIpc) is 2.67. The van der Waals surface area contributed by atoms with Crippen LogP contribution in [-0.4, -0.2) is 30.6 Å². The van der Waals surface area contributed by atoms with E-state index in [1.54, 1.807) is 0 Å². The first-order chi connectivity index (χ1) is 8.19. The van der Waals surface area contributed by atoms with Crippen molar-refractivity contribution in [2.24, 2.45) is 0 Å². The van der Waals surface area contributed by atoms with Crippen LogP contribution in [0.5, 0.6) is 0 Å². The van der Waals surface area contributed by atoms with Crippen molar-refractivity contribution in [1.82, 2.24) is 10.2 Å². The zero-order valence-electron chi connectivity index (χ0n) is 10.6. The van der Waals surface area contributed by atoms with Gasteiger partial charge in [0.25, 0.3) is 0 Å². The van der Waals surface area contributed by atoms with E-state index in [0.29, 0.717) is 6.04 Å². The second-order valence-electron chi connectivity index (χ2n) is 4.71. The molecule has 0 amide bonds. The lowest BCUT2D eigenvalue weighted by molar-refractivity contribution is 0.206. The fourth-order valence-corrected chi connectivity index (χ4v) is 3.86. The number of hydrogen-bond donors (Lipinski definition) is 1. The molecule has 1 aromatic rings. The quantitative estimate of drug-likeness (QED) is 0.916. The number of thiophene rings is 1. The maximum Gasteiger partial charge on any atom is 0.0314 e. The SMILES string of the molecule is CCN1CCC(NCc2cc(Br)c(C)s2)CC1. The number of rotatable bonds is 4. The summed E-state index contributed by atoms with van der Waals surface area (Å²) in [5.41, 5.74) is 0. The van der Waals surface area contributed by atoms with Crippen LogP contribution in [0.3, 0.4) is 0 Å². The van der Waals surface area contributed by atoms with Crippen molar-refractivity contribution in [1.29, 1.82) is 0 Å². The van der Waals surface area contributed by atoms with E-state index >= 15 is 0 Å². The van der Waals surface area contributed by atoms with Gasteiger partial charge in [-0.25, -0.2) is 0 Å². The number of likely N-dealkylation sites (tertiary alicyclic amines) is 1. The van der Waals surface area contributed by atoms with Gasteiger partial charge in [0, 0.05) is 26.8 Å². The Hall–Kier alpha value is 0.1000. The fourth-order valence-electron chi connectivity index (χ4n) is 2.30. The average molecular weight is 317 g/mol. The van der Waals surface area contributed by atoms with Gasteiger partial charge >= 0.3 is 0 Å². The first-order valence-corrected chi connectivity index (χ1v) is 8.00. The van der Waals surface area contributed by atoms with Crippen LogP contribution in [0.25, 0.3) is 0 Å². The molecule has 2 rings (SSSR count). The molecule has 17 heavy (non-hydrogen) atoms. The molecule has 0 aromatic carbocycles. The third kappa shape index (κ3) is 3.78. The number of hydrogen-bond acceptors (Lipinski definition) is 3. The van der Waals surface area contributed by atoms with Gasteiger partial charge in [0.05, 0.1) is 0 Å². The zero-order valence-corrected chi connectivity index (χ0v) is 13.0. The van der Waals surface area contributed by atoms with Gasteiger partial charge in [-0.05, 0) is 61.4 Å². The van der Waals surface area contributed by atoms with Crippen LogP contribution in [0.2, 0.25) is 0 Å². The van der Waals surface area contributed by atoms with Crippen LogP contribution in [-0.2, 0) is 6.54 Å². The summed E-state index contributed by atoms with van der Waals surface area (Å²) in [6.07, 6.45) is 2.58. The van der Waals surface area contributed by atoms with Gasteiger partial charge in [-0.3, -0.25) is 0 Å². The molecule has 2 heterocycles. The highest BCUT2D eigenvalue weighted by molar-refractivity contribution is 9.10. The van der Waals surface area contributed by atoms with Crippen molar-refractivity contribution in [2.45, 2.75) is 39.3 Å². The lowest BCUT2D eigenvalue weighted by atomic mass is 10.1. The van der Waals surface area contributed by atoms with Crippen molar-refractivity contribution in [2.75, 3.05) is 19.6 Å². The lowest BCUT2D eigenvalue weighted by Crippen LogP contribution is -2.41. The van der Waals surface area contributed by atoms with Crippen LogP contribution in [0, 0.1) is 6.92 Å². The van der Waals surface area contributed by atoms with E-state index in [9.17, 15) is 0 Å². The van der Waals surface area contributed by atoms with Gasteiger partial charge in [0.15, 0.2) is 0 Å². The van der Waals surface area contributed by atoms with Gasteiger partial charge in [-0.15, -0.1) is 11.3 Å². The topological polar surface area (TPSA) is 15.3 Å². The third-order valence-corrected chi connectivity index (χ3v) is 5.64. The summed E-state index contributed by atoms with van der Waals surface area (Å²) in [5, 5.41) is 3.69. The molecule has 1 fully saturated rings. The van der Waals surface area contributed by atoms with E-state index in [1.165, 1.54) is 46.7 Å². The van der Waals surface area contributed by atoms with E-state index in [4.69, 9.17) is 0 Å². The van der Waals surface area contributed by atoms with E-state index < -0.39 is 0 Å². The molecule has 1 saturated heterocycles. The Balaban J connectivity index is 1.75. The van der Waals surface area contributed by atoms with Crippen molar-refractivity contribution in [3.63, 3.8) is 0 Å². The van der Waals surface area contributed by atoms with Crippen LogP contribution in [0.15, 0.2) is 10.5 Å². The Labute approximate surface area is 117 Å². The minimum Gasteiger partial charge on any atom is -0.309 e. The smallest absolute Gasteiger partial charge is 0.0314 e. The van der Waals surface area contributed by atoms with Gasteiger partial charge in [0.1, 0.15) is 0 Å². The van der Waals surface area contributed by atoms with Gasteiger partial charge in [-0.1, -0.05) is 6.92 Å². The molecule has 0 atom stereocenters. The van der Waals surface area contributed by atoms with E-state index in [-0.39, 0.29) is 0 Å². The summed E-state index contributed by atoms with van der Waals surface area (Å²) < 4.78 is 1.25. The molecule has 0 saturated carbocycles. The van der Waals surface area contributed by atoms with Gasteiger partial charge < -0.3 is 10.2 Å². The highest BCUT2D eigenvalue weighted by Crippen LogP contribution is 2.26. The number of piperidine rings is 1. The Morgan fingerprint density at radius 1 is 1.47 bits per heavy atom. The van der Waals surface area contributed by atoms with Crippen LogP contribution in [0.4, 0.5) is 0 Å². The molecule has 0 unspecified atom stereocenters. The molecule has 1 aliphatic heterocycles. The summed E-state index contributed by atoms with van der Waals surface area (Å²) in [6, 6.07) is 2.95. The molecule has 1 N–H and O–H groups in total. The molecular formula is C13H21BrN2S. The summed E-state index contributed by atoms with van der Waals surface area (Å²) in [6.45, 7) is 9.14. The van der Waals surface area contributed by atoms with E-state index in [1.807, 2.05) is 11.3 Å². The normalized spacial score (nSPS) is 18.8. The van der Waals surface area contributed by atoms with Crippen molar-refractivity contribution < 1.29 is 0 Å². The fraction of sp³-hybridized carbons (Fsp3) is 0.692. The lowest BCUT2D eigenvalue weighted by Gasteiger charge is -2.31. The largest absolute Gasteiger partial charge is 0.309 e. The standard InChI is InChI=1S/C13H21BrN2S/c1-3-16-6-4-11(5-7-16)15-9-12-8-13(14)10(2)17-12/h8,11,15H,3-7,9H2,1-2H3. The minimum absolute atomic E-state index is 0.707. The highest BCUT2D eigenvalue weighted by Gasteiger charge is 2.17. The Morgan fingerprint density at radius 2 is 2.18 bits per heavy atom. The number of halogens is 1. The van der Waals surface area contributed by atoms with Gasteiger partial charge in [-0.2, -0.15) is 0 Å². The minimum atomic E-state index is 0.707. The Kier molecular flexibility index (Phi) is 5.03. The Morgan fingerprint density at radius 3 is 2.71 bits per heavy atom. The third-order valence-electron chi connectivity index (χ3n) is 3.51. The second-order valence-corrected chi connectivity index (χ2v) is 6.90. The number of aryl methyl sites for hydroxylation is 1. The maximum atomic E-state index is 3.69. The molecule has 96 valence electrons. The molecule has 0 aliphatic carbocycles. The van der Waals surface area contributed by atoms with Crippen molar-refractivity contribution in [3.8, 4) is 0 Å². The van der Waals surface area contributed by atoms with Crippen LogP contribution in [0.1, 0.15) is 29.5 Å². The van der Waals surface area contributed by atoms with Gasteiger partial charge in [0.2, 0.25) is 0 Å². The summed E-state index contributed by atoms with van der Waals surface area (Å²) in [4.78, 5) is 5.35. The second kappa shape index (κ2) is 6.32. The predicted molar refractivity (Wildman–Crippen MR) is 78.7 cm³/mol. The molecule has 1 aliphatic rings. The van der Waals surface area contributed by atoms with Crippen LogP contribution >= 0.6 is 27.3 Å². The summed E-state index contributed by atoms with van der Waals surface area (Å²) in [7, 11) is 0. The molecule has 0 spiro atoms. The van der Waals surface area contributed by atoms with E-state index in [0.717, 1.165) is 6.54 Å². The predicted octanol–water partition coefficient (Wildman–Crippen LogP) is 3.39. The number of nitrogens with zero attached hydrogens (tertiary/aromatic N) is 1. The zero-order chi connectivity index (χ0) is 12.3. The molecule has 4 heteroatoms. The molecule has 2 nitrogen and oxygen atoms in total. The molecule has 1 aromatic heterocycles. The van der Waals surface area contributed by atoms with E-state index in [2.05, 4.69) is 46.1 Å². The maximum absolute atomic E-state index is 3.69.